The van der Waals surface area contributed by atoms with Gasteiger partial charge in [-0.15, -0.1) is 11.8 Å². The predicted octanol–water partition coefficient (Wildman–Crippen LogP) is 3.52. The van der Waals surface area contributed by atoms with Gasteiger partial charge in [0.1, 0.15) is 5.82 Å². The Hall–Kier alpha value is -1.55. The fourth-order valence-electron chi connectivity index (χ4n) is 1.99. The summed E-state index contributed by atoms with van der Waals surface area (Å²) < 4.78 is 0.340. The highest BCUT2D eigenvalue weighted by molar-refractivity contribution is 8.01. The Kier molecular flexibility index (Phi) is 3.42. The van der Waals surface area contributed by atoms with E-state index >= 15 is 0 Å². The van der Waals surface area contributed by atoms with Gasteiger partial charge in [-0.3, -0.25) is 4.98 Å². The van der Waals surface area contributed by atoms with Gasteiger partial charge in [0.2, 0.25) is 0 Å². The second-order valence-electron chi connectivity index (χ2n) is 5.00. The maximum Gasteiger partial charge on any atom is 0.144 e. The van der Waals surface area contributed by atoms with Crippen LogP contribution in [0, 0.1) is 6.92 Å². The molecule has 0 atom stereocenters. The van der Waals surface area contributed by atoms with Crippen molar-refractivity contribution in [3.05, 3.63) is 48.4 Å². The number of benzene rings is 1. The summed E-state index contributed by atoms with van der Waals surface area (Å²) in [6, 6.07) is 10.6. The summed E-state index contributed by atoms with van der Waals surface area (Å²) in [5.74, 6) is 0.875. The van der Waals surface area contributed by atoms with Gasteiger partial charge in [0, 0.05) is 22.4 Å². The van der Waals surface area contributed by atoms with Crippen LogP contribution in [-0.4, -0.2) is 21.3 Å². The van der Waals surface area contributed by atoms with E-state index in [0.29, 0.717) is 4.75 Å². The molecule has 1 saturated carbocycles. The molecule has 4 heteroatoms. The Morgan fingerprint density at radius 1 is 1.21 bits per heavy atom. The summed E-state index contributed by atoms with van der Waals surface area (Å²) in [6.07, 6.45) is 6.09. The molecule has 1 aromatic heterocycles. The molecule has 98 valence electrons. The van der Waals surface area contributed by atoms with Crippen LogP contribution >= 0.6 is 11.8 Å². The van der Waals surface area contributed by atoms with Gasteiger partial charge in [-0.05, 0) is 31.9 Å². The van der Waals surface area contributed by atoms with Crippen LogP contribution in [0.4, 0.5) is 5.82 Å². The molecule has 0 unspecified atom stereocenters. The Bertz CT molecular complexity index is 552. The van der Waals surface area contributed by atoms with E-state index in [4.69, 9.17) is 0 Å². The minimum absolute atomic E-state index is 0.340. The highest BCUT2D eigenvalue weighted by Gasteiger charge is 2.43. The summed E-state index contributed by atoms with van der Waals surface area (Å²) in [5.41, 5.74) is 0.950. The first-order chi connectivity index (χ1) is 9.26. The number of rotatable bonds is 5. The van der Waals surface area contributed by atoms with Crippen LogP contribution in [0.15, 0.2) is 47.6 Å². The quantitative estimate of drug-likeness (QED) is 0.903. The number of aryl methyl sites for hydroxylation is 1. The number of thioether (sulfide) groups is 1. The lowest BCUT2D eigenvalue weighted by Gasteiger charge is -2.16. The van der Waals surface area contributed by atoms with Crippen molar-refractivity contribution in [2.45, 2.75) is 29.4 Å². The molecule has 1 N–H and O–H groups in total. The number of anilines is 1. The van der Waals surface area contributed by atoms with Crippen molar-refractivity contribution < 1.29 is 0 Å². The smallest absolute Gasteiger partial charge is 0.144 e. The monoisotopic (exact) mass is 271 g/mol. The van der Waals surface area contributed by atoms with Gasteiger partial charge in [-0.2, -0.15) is 0 Å². The molecular weight excluding hydrogens is 254 g/mol. The van der Waals surface area contributed by atoms with Gasteiger partial charge < -0.3 is 5.32 Å². The van der Waals surface area contributed by atoms with Crippen molar-refractivity contribution in [2.75, 3.05) is 11.9 Å². The van der Waals surface area contributed by atoms with E-state index < -0.39 is 0 Å². The first kappa shape index (κ1) is 12.5. The summed E-state index contributed by atoms with van der Waals surface area (Å²) in [4.78, 5) is 9.93. The van der Waals surface area contributed by atoms with Crippen molar-refractivity contribution in [2.24, 2.45) is 0 Å². The molecule has 3 nitrogen and oxygen atoms in total. The van der Waals surface area contributed by atoms with E-state index in [0.717, 1.165) is 18.1 Å². The fraction of sp³-hybridized carbons (Fsp3) is 0.333. The lowest BCUT2D eigenvalue weighted by atomic mass is 10.4. The van der Waals surface area contributed by atoms with Crippen LogP contribution in [0.3, 0.4) is 0 Å². The first-order valence-electron chi connectivity index (χ1n) is 6.52. The number of hydrogen-bond donors (Lipinski definition) is 1. The summed E-state index contributed by atoms with van der Waals surface area (Å²) in [5, 5.41) is 3.41. The molecule has 1 aliphatic carbocycles. The minimum Gasteiger partial charge on any atom is -0.367 e. The van der Waals surface area contributed by atoms with Crippen molar-refractivity contribution in [3.8, 4) is 0 Å². The maximum absolute atomic E-state index is 4.43. The number of nitrogens with zero attached hydrogens (tertiary/aromatic N) is 2. The van der Waals surface area contributed by atoms with Crippen molar-refractivity contribution in [3.63, 3.8) is 0 Å². The van der Waals surface area contributed by atoms with Crippen LogP contribution in [0.1, 0.15) is 18.5 Å². The molecule has 0 saturated heterocycles. The molecule has 19 heavy (non-hydrogen) atoms. The van der Waals surface area contributed by atoms with Crippen molar-refractivity contribution >= 4 is 17.6 Å². The van der Waals surface area contributed by atoms with E-state index in [1.807, 2.05) is 18.7 Å². The molecule has 2 aromatic rings. The number of aromatic nitrogens is 2. The maximum atomic E-state index is 4.43. The van der Waals surface area contributed by atoms with E-state index in [1.165, 1.54) is 17.7 Å². The highest BCUT2D eigenvalue weighted by Crippen LogP contribution is 2.51. The van der Waals surface area contributed by atoms with E-state index in [2.05, 4.69) is 45.6 Å². The Labute approximate surface area is 117 Å². The number of nitrogens with one attached hydrogen (secondary N) is 1. The third-order valence-corrected chi connectivity index (χ3v) is 4.73. The van der Waals surface area contributed by atoms with Gasteiger partial charge in [0.25, 0.3) is 0 Å². The van der Waals surface area contributed by atoms with Crippen molar-refractivity contribution in [1.82, 2.24) is 9.97 Å². The third kappa shape index (κ3) is 3.26. The first-order valence-corrected chi connectivity index (χ1v) is 7.34. The van der Waals surface area contributed by atoms with Gasteiger partial charge >= 0.3 is 0 Å². The van der Waals surface area contributed by atoms with Crippen LogP contribution in [0.2, 0.25) is 0 Å². The van der Waals surface area contributed by atoms with Gasteiger partial charge in [-0.1, -0.05) is 18.2 Å². The molecule has 0 amide bonds. The highest BCUT2D eigenvalue weighted by atomic mass is 32.2. The molecule has 1 heterocycles. The zero-order valence-electron chi connectivity index (χ0n) is 11.0. The van der Waals surface area contributed by atoms with Crippen LogP contribution in [-0.2, 0) is 0 Å². The zero-order valence-corrected chi connectivity index (χ0v) is 11.8. The summed E-state index contributed by atoms with van der Waals surface area (Å²) in [7, 11) is 0. The molecule has 0 aliphatic heterocycles. The average molecular weight is 271 g/mol. The second kappa shape index (κ2) is 5.21. The lowest BCUT2D eigenvalue weighted by molar-refractivity contribution is 0.929. The van der Waals surface area contributed by atoms with Crippen molar-refractivity contribution in [1.29, 1.82) is 0 Å². The normalized spacial score (nSPS) is 16.1. The van der Waals surface area contributed by atoms with E-state index in [1.54, 1.807) is 12.4 Å². The van der Waals surface area contributed by atoms with E-state index in [-0.39, 0.29) is 0 Å². The van der Waals surface area contributed by atoms with Crippen LogP contribution < -0.4 is 5.32 Å². The molecule has 0 spiro atoms. The fourth-order valence-corrected chi connectivity index (χ4v) is 3.24. The standard InChI is InChI=1S/C15H17N3S/c1-12-9-16-10-14(18-12)17-11-15(7-8-15)19-13-5-3-2-4-6-13/h2-6,9-10H,7-8,11H2,1H3,(H,17,18). The van der Waals surface area contributed by atoms with Gasteiger partial charge in [-0.25, -0.2) is 4.98 Å². The zero-order chi connectivity index (χ0) is 13.1. The van der Waals surface area contributed by atoms with Crippen LogP contribution in [0.5, 0.6) is 0 Å². The van der Waals surface area contributed by atoms with Gasteiger partial charge in [0.15, 0.2) is 0 Å². The molecule has 1 aliphatic rings. The summed E-state index contributed by atoms with van der Waals surface area (Å²) >= 11 is 1.97. The largest absolute Gasteiger partial charge is 0.367 e. The average Bonchev–Trinajstić information content (AvgIpc) is 3.18. The topological polar surface area (TPSA) is 37.8 Å². The van der Waals surface area contributed by atoms with Gasteiger partial charge in [0.05, 0.1) is 11.9 Å². The SMILES string of the molecule is Cc1cncc(NCC2(Sc3ccccc3)CC2)n1. The molecule has 1 fully saturated rings. The third-order valence-electron chi connectivity index (χ3n) is 3.23. The minimum atomic E-state index is 0.340. The predicted molar refractivity (Wildman–Crippen MR) is 79.5 cm³/mol. The number of hydrogen-bond acceptors (Lipinski definition) is 4. The molecule has 0 bridgehead atoms. The Balaban J connectivity index is 1.60. The molecule has 3 rings (SSSR count). The molecular formula is C15H17N3S. The van der Waals surface area contributed by atoms with E-state index in [9.17, 15) is 0 Å². The summed E-state index contributed by atoms with van der Waals surface area (Å²) in [6.45, 7) is 2.91. The lowest BCUT2D eigenvalue weighted by Crippen LogP contribution is -2.18. The second-order valence-corrected chi connectivity index (χ2v) is 6.54. The Morgan fingerprint density at radius 3 is 2.68 bits per heavy atom. The molecule has 0 radical (unpaired) electrons. The molecule has 1 aromatic carbocycles. The van der Waals surface area contributed by atoms with Crippen LogP contribution in [0.25, 0.3) is 0 Å². The Morgan fingerprint density at radius 2 is 2.00 bits per heavy atom.